The molecular formula is C10H11FN2O5. The van der Waals surface area contributed by atoms with E-state index in [9.17, 15) is 24.1 Å². The first-order valence-electron chi connectivity index (χ1n) is 5.06. The van der Waals surface area contributed by atoms with Crippen molar-refractivity contribution in [1.82, 2.24) is 4.57 Å². The second-order valence-corrected chi connectivity index (χ2v) is 3.43. The van der Waals surface area contributed by atoms with Crippen molar-refractivity contribution < 1.29 is 18.8 Å². The molecule has 8 heteroatoms. The first-order chi connectivity index (χ1) is 8.38. The minimum absolute atomic E-state index is 0.0536. The molecule has 0 aliphatic carbocycles. The number of alkyl halides is 1. The molecule has 1 atom stereocenters. The highest BCUT2D eigenvalue weighted by Gasteiger charge is 2.24. The number of hydrogen-bond acceptors (Lipinski definition) is 5. The minimum Gasteiger partial charge on any atom is -0.462 e. The maximum atomic E-state index is 13.6. The second-order valence-electron chi connectivity index (χ2n) is 3.43. The Balaban J connectivity index is 3.24. The van der Waals surface area contributed by atoms with Crippen molar-refractivity contribution in [1.29, 1.82) is 0 Å². The molecule has 18 heavy (non-hydrogen) atoms. The van der Waals surface area contributed by atoms with Crippen molar-refractivity contribution in [2.45, 2.75) is 20.1 Å². The topological polar surface area (TPSA) is 91.4 Å². The van der Waals surface area contributed by atoms with Crippen LogP contribution in [0.15, 0.2) is 17.1 Å². The van der Waals surface area contributed by atoms with E-state index in [1.165, 1.54) is 13.8 Å². The molecule has 98 valence electrons. The number of esters is 1. The average molecular weight is 258 g/mol. The first kappa shape index (κ1) is 13.8. The number of aryl methyl sites for hydroxylation is 1. The van der Waals surface area contributed by atoms with Gasteiger partial charge in [0.15, 0.2) is 0 Å². The third kappa shape index (κ3) is 2.70. The van der Waals surface area contributed by atoms with Gasteiger partial charge in [-0.3, -0.25) is 19.5 Å². The van der Waals surface area contributed by atoms with Gasteiger partial charge < -0.3 is 4.74 Å². The summed E-state index contributed by atoms with van der Waals surface area (Å²) < 4.78 is 18.4. The fraction of sp³-hybridized carbons (Fsp3) is 0.400. The summed E-state index contributed by atoms with van der Waals surface area (Å²) in [6, 6.07) is 0.893. The van der Waals surface area contributed by atoms with E-state index in [4.69, 9.17) is 0 Å². The molecule has 0 radical (unpaired) electrons. The largest absolute Gasteiger partial charge is 0.462 e. The standard InChI is InChI=1S/C10H11FN2O5/c1-3-18-10(15)9(11)12-5-7(13(16)17)6(2)4-8(12)14/h4-5,9H,3H2,1-2H3. The zero-order valence-electron chi connectivity index (χ0n) is 9.75. The predicted octanol–water partition coefficient (Wildman–Crippen LogP) is 1.10. The Morgan fingerprint density at radius 1 is 1.67 bits per heavy atom. The van der Waals surface area contributed by atoms with E-state index in [1.54, 1.807) is 0 Å². The highest BCUT2D eigenvalue weighted by atomic mass is 19.1. The van der Waals surface area contributed by atoms with E-state index in [0.29, 0.717) is 10.8 Å². The Bertz CT molecular complexity index is 540. The van der Waals surface area contributed by atoms with E-state index in [1.807, 2.05) is 0 Å². The Hall–Kier alpha value is -2.25. The highest BCUT2D eigenvalue weighted by Crippen LogP contribution is 2.17. The summed E-state index contributed by atoms with van der Waals surface area (Å²) in [5.41, 5.74) is -1.20. The lowest BCUT2D eigenvalue weighted by Crippen LogP contribution is -2.28. The molecule has 0 fully saturated rings. The Morgan fingerprint density at radius 3 is 2.78 bits per heavy atom. The SMILES string of the molecule is CCOC(=O)C(F)n1cc([N+](=O)[O-])c(C)cc1=O. The van der Waals surface area contributed by atoms with Gasteiger partial charge in [0.2, 0.25) is 0 Å². The van der Waals surface area contributed by atoms with Crippen LogP contribution >= 0.6 is 0 Å². The maximum absolute atomic E-state index is 13.6. The molecule has 0 aromatic carbocycles. The zero-order valence-corrected chi connectivity index (χ0v) is 9.75. The summed E-state index contributed by atoms with van der Waals surface area (Å²) in [6.45, 7) is 2.77. The fourth-order valence-corrected chi connectivity index (χ4v) is 1.32. The molecule has 1 aromatic heterocycles. The van der Waals surface area contributed by atoms with E-state index in [2.05, 4.69) is 4.74 Å². The van der Waals surface area contributed by atoms with E-state index in [0.717, 1.165) is 6.07 Å². The monoisotopic (exact) mass is 258 g/mol. The summed E-state index contributed by atoms with van der Waals surface area (Å²) in [4.78, 5) is 32.5. The number of rotatable bonds is 4. The molecule has 0 saturated carbocycles. The van der Waals surface area contributed by atoms with Crippen molar-refractivity contribution in [3.63, 3.8) is 0 Å². The van der Waals surface area contributed by atoms with E-state index < -0.39 is 28.4 Å². The summed E-state index contributed by atoms with van der Waals surface area (Å²) in [5.74, 6) is -1.27. The van der Waals surface area contributed by atoms with Crippen molar-refractivity contribution in [3.8, 4) is 0 Å². The van der Waals surface area contributed by atoms with Gasteiger partial charge in [-0.2, -0.15) is 0 Å². The smallest absolute Gasteiger partial charge is 0.362 e. The van der Waals surface area contributed by atoms with Crippen molar-refractivity contribution >= 4 is 11.7 Å². The van der Waals surface area contributed by atoms with Crippen LogP contribution in [0.5, 0.6) is 0 Å². The zero-order chi connectivity index (χ0) is 13.9. The molecule has 0 aliphatic rings. The molecule has 1 heterocycles. The molecule has 1 rings (SSSR count). The molecule has 0 N–H and O–H groups in total. The van der Waals surface area contributed by atoms with Gasteiger partial charge in [0.1, 0.15) is 0 Å². The Labute approximate surface area is 101 Å². The maximum Gasteiger partial charge on any atom is 0.362 e. The van der Waals surface area contributed by atoms with Crippen LogP contribution in [0, 0.1) is 17.0 Å². The Kier molecular flexibility index (Phi) is 4.13. The summed E-state index contributed by atoms with van der Waals surface area (Å²) in [7, 11) is 0. The quantitative estimate of drug-likeness (QED) is 0.458. The molecule has 1 unspecified atom stereocenters. The van der Waals surface area contributed by atoms with Crippen LogP contribution in [-0.2, 0) is 9.53 Å². The number of carbonyl (C=O) groups excluding carboxylic acids is 1. The summed E-state index contributed by atoms with van der Waals surface area (Å²) in [5, 5.41) is 10.7. The van der Waals surface area contributed by atoms with Crippen LogP contribution in [0.4, 0.5) is 10.1 Å². The number of pyridine rings is 1. The van der Waals surface area contributed by atoms with Crippen molar-refractivity contribution in [2.24, 2.45) is 0 Å². The number of halogens is 1. The third-order valence-electron chi connectivity index (χ3n) is 2.18. The molecule has 0 aliphatic heterocycles. The third-order valence-corrected chi connectivity index (χ3v) is 2.18. The molecule has 0 amide bonds. The van der Waals surface area contributed by atoms with Crippen LogP contribution in [0.25, 0.3) is 0 Å². The molecule has 0 bridgehead atoms. The van der Waals surface area contributed by atoms with Crippen LogP contribution in [-0.4, -0.2) is 22.1 Å². The van der Waals surface area contributed by atoms with Gasteiger partial charge in [-0.1, -0.05) is 0 Å². The number of nitro groups is 1. The van der Waals surface area contributed by atoms with Crippen LogP contribution in [0.2, 0.25) is 0 Å². The van der Waals surface area contributed by atoms with E-state index in [-0.39, 0.29) is 12.2 Å². The lowest BCUT2D eigenvalue weighted by atomic mass is 10.2. The van der Waals surface area contributed by atoms with Crippen molar-refractivity contribution in [3.05, 3.63) is 38.3 Å². The summed E-state index contributed by atoms with van der Waals surface area (Å²) >= 11 is 0. The molecular weight excluding hydrogens is 247 g/mol. The van der Waals surface area contributed by atoms with Gasteiger partial charge in [0, 0.05) is 11.6 Å². The number of carbonyl (C=O) groups is 1. The number of ether oxygens (including phenoxy) is 1. The van der Waals surface area contributed by atoms with Gasteiger partial charge in [0.25, 0.3) is 17.5 Å². The van der Waals surface area contributed by atoms with E-state index >= 15 is 0 Å². The number of nitrogens with zero attached hydrogens (tertiary/aromatic N) is 2. The molecule has 0 saturated heterocycles. The number of hydrogen-bond donors (Lipinski definition) is 0. The summed E-state index contributed by atoms with van der Waals surface area (Å²) in [6.07, 6.45) is -1.70. The van der Waals surface area contributed by atoms with Gasteiger partial charge in [0.05, 0.1) is 17.7 Å². The fourth-order valence-electron chi connectivity index (χ4n) is 1.32. The Morgan fingerprint density at radius 2 is 2.28 bits per heavy atom. The first-order valence-corrected chi connectivity index (χ1v) is 5.06. The average Bonchev–Trinajstić information content (AvgIpc) is 2.28. The van der Waals surface area contributed by atoms with Gasteiger partial charge in [-0.25, -0.2) is 9.18 Å². The second kappa shape index (κ2) is 5.39. The van der Waals surface area contributed by atoms with Crippen LogP contribution < -0.4 is 5.56 Å². The molecule has 7 nitrogen and oxygen atoms in total. The lowest BCUT2D eigenvalue weighted by Gasteiger charge is -2.10. The van der Waals surface area contributed by atoms with Gasteiger partial charge in [-0.15, -0.1) is 0 Å². The lowest BCUT2D eigenvalue weighted by molar-refractivity contribution is -0.386. The molecule has 1 aromatic rings. The van der Waals surface area contributed by atoms with Crippen molar-refractivity contribution in [2.75, 3.05) is 6.61 Å². The van der Waals surface area contributed by atoms with Crippen LogP contribution in [0.3, 0.4) is 0 Å². The predicted molar refractivity (Wildman–Crippen MR) is 58.9 cm³/mol. The van der Waals surface area contributed by atoms with Crippen LogP contribution in [0.1, 0.15) is 18.8 Å². The molecule has 0 spiro atoms. The van der Waals surface area contributed by atoms with Gasteiger partial charge in [-0.05, 0) is 13.8 Å². The highest BCUT2D eigenvalue weighted by molar-refractivity contribution is 5.72. The van der Waals surface area contributed by atoms with Gasteiger partial charge >= 0.3 is 5.97 Å². The number of aromatic nitrogens is 1. The minimum atomic E-state index is -2.39. The normalized spacial score (nSPS) is 11.9.